The topological polar surface area (TPSA) is 0 Å². The van der Waals surface area contributed by atoms with Gasteiger partial charge < -0.3 is 0 Å². The molecule has 0 fully saturated rings. The highest BCUT2D eigenvalue weighted by atomic mass is 79.9. The Kier molecular flexibility index (Phi) is 4.41. The highest BCUT2D eigenvalue weighted by Crippen LogP contribution is 2.33. The van der Waals surface area contributed by atoms with Gasteiger partial charge in [-0.1, -0.05) is 66.2 Å². The van der Waals surface area contributed by atoms with Gasteiger partial charge >= 0.3 is 0 Å². The van der Waals surface area contributed by atoms with Crippen molar-refractivity contribution in [3.8, 4) is 0 Å². The fraction of sp³-hybridized carbons (Fsp3) is 0.294. The van der Waals surface area contributed by atoms with Crippen molar-refractivity contribution in [2.24, 2.45) is 0 Å². The summed E-state index contributed by atoms with van der Waals surface area (Å²) in [4.78, 5) is -0.102. The minimum absolute atomic E-state index is 0.102. The molecule has 0 nitrogen and oxygen atoms in total. The summed E-state index contributed by atoms with van der Waals surface area (Å²) < 4.78 is 14.0. The van der Waals surface area contributed by atoms with Crippen LogP contribution in [0, 0.1) is 12.7 Å². The van der Waals surface area contributed by atoms with E-state index in [-0.39, 0.29) is 10.6 Å². The van der Waals surface area contributed by atoms with Gasteiger partial charge in [0, 0.05) is 5.56 Å². The second-order valence-corrected chi connectivity index (χ2v) is 6.12. The van der Waals surface area contributed by atoms with Crippen LogP contribution in [0.3, 0.4) is 0 Å². The SMILES string of the molecule is Cc1ccc(C(Br)c2ccc(C(C)C)cc2)c(F)c1. The number of hydrogen-bond acceptors (Lipinski definition) is 0. The van der Waals surface area contributed by atoms with Gasteiger partial charge in [0.25, 0.3) is 0 Å². The number of aryl methyl sites for hydroxylation is 1. The van der Waals surface area contributed by atoms with E-state index in [1.165, 1.54) is 5.56 Å². The van der Waals surface area contributed by atoms with Crippen LogP contribution in [0.2, 0.25) is 0 Å². The van der Waals surface area contributed by atoms with E-state index in [1.807, 2.05) is 19.1 Å². The van der Waals surface area contributed by atoms with Crippen molar-refractivity contribution in [2.45, 2.75) is 31.5 Å². The van der Waals surface area contributed by atoms with Gasteiger partial charge in [-0.25, -0.2) is 4.39 Å². The summed E-state index contributed by atoms with van der Waals surface area (Å²) in [6.07, 6.45) is 0. The molecule has 0 aromatic heterocycles. The molecular formula is C17H18BrF. The molecule has 0 radical (unpaired) electrons. The Bertz CT molecular complexity index is 558. The minimum Gasteiger partial charge on any atom is -0.207 e. The fourth-order valence-corrected chi connectivity index (χ4v) is 2.74. The standard InChI is InChI=1S/C17H18BrF/c1-11(2)13-5-7-14(8-6-13)17(18)15-9-4-12(3)10-16(15)19/h4-11,17H,1-3H3. The van der Waals surface area contributed by atoms with Crippen LogP contribution in [0.5, 0.6) is 0 Å². The molecule has 2 aromatic carbocycles. The average molecular weight is 321 g/mol. The molecule has 0 bridgehead atoms. The second-order valence-electron chi connectivity index (χ2n) is 5.21. The van der Waals surface area contributed by atoms with Crippen LogP contribution in [0.1, 0.15) is 46.8 Å². The van der Waals surface area contributed by atoms with Gasteiger partial charge in [0.15, 0.2) is 0 Å². The third-order valence-corrected chi connectivity index (χ3v) is 4.35. The zero-order chi connectivity index (χ0) is 14.0. The van der Waals surface area contributed by atoms with E-state index in [0.29, 0.717) is 11.5 Å². The predicted molar refractivity (Wildman–Crippen MR) is 82.4 cm³/mol. The van der Waals surface area contributed by atoms with E-state index >= 15 is 0 Å². The maximum atomic E-state index is 14.0. The van der Waals surface area contributed by atoms with E-state index in [2.05, 4.69) is 54.0 Å². The summed E-state index contributed by atoms with van der Waals surface area (Å²) in [5.41, 5.74) is 4.00. The summed E-state index contributed by atoms with van der Waals surface area (Å²) in [5.74, 6) is 0.355. The molecule has 0 saturated carbocycles. The first kappa shape index (κ1) is 14.3. The molecule has 0 aliphatic rings. The Morgan fingerprint density at radius 3 is 2.05 bits per heavy atom. The molecule has 19 heavy (non-hydrogen) atoms. The van der Waals surface area contributed by atoms with E-state index in [4.69, 9.17) is 0 Å². The van der Waals surface area contributed by atoms with Crippen LogP contribution >= 0.6 is 15.9 Å². The maximum Gasteiger partial charge on any atom is 0.128 e. The van der Waals surface area contributed by atoms with Gasteiger partial charge in [0.1, 0.15) is 5.82 Å². The lowest BCUT2D eigenvalue weighted by Crippen LogP contribution is -1.98. The van der Waals surface area contributed by atoms with Crippen LogP contribution in [0.15, 0.2) is 42.5 Å². The van der Waals surface area contributed by atoms with Crippen LogP contribution in [-0.4, -0.2) is 0 Å². The number of hydrogen-bond donors (Lipinski definition) is 0. The van der Waals surface area contributed by atoms with Crippen LogP contribution in [0.25, 0.3) is 0 Å². The second kappa shape index (κ2) is 5.87. The summed E-state index contributed by atoms with van der Waals surface area (Å²) in [6.45, 7) is 6.23. The Morgan fingerprint density at radius 2 is 1.53 bits per heavy atom. The molecule has 100 valence electrons. The first-order valence-corrected chi connectivity index (χ1v) is 7.40. The molecule has 0 aliphatic carbocycles. The van der Waals surface area contributed by atoms with Gasteiger partial charge in [0.2, 0.25) is 0 Å². The molecule has 0 saturated heterocycles. The van der Waals surface area contributed by atoms with Crippen molar-refractivity contribution in [3.05, 3.63) is 70.5 Å². The van der Waals surface area contributed by atoms with E-state index < -0.39 is 0 Å². The first-order valence-electron chi connectivity index (χ1n) is 6.49. The van der Waals surface area contributed by atoms with Crippen molar-refractivity contribution in [1.29, 1.82) is 0 Å². The molecule has 2 rings (SSSR count). The van der Waals surface area contributed by atoms with E-state index in [1.54, 1.807) is 6.07 Å². The van der Waals surface area contributed by atoms with Gasteiger partial charge in [-0.15, -0.1) is 0 Å². The fourth-order valence-electron chi connectivity index (χ4n) is 2.07. The van der Waals surface area contributed by atoms with E-state index in [0.717, 1.165) is 11.1 Å². The van der Waals surface area contributed by atoms with E-state index in [9.17, 15) is 4.39 Å². The highest BCUT2D eigenvalue weighted by Gasteiger charge is 2.14. The lowest BCUT2D eigenvalue weighted by atomic mass is 9.98. The smallest absolute Gasteiger partial charge is 0.128 e. The quantitative estimate of drug-likeness (QED) is 0.632. The highest BCUT2D eigenvalue weighted by molar-refractivity contribution is 9.09. The van der Waals surface area contributed by atoms with Gasteiger partial charge in [-0.2, -0.15) is 0 Å². The maximum absolute atomic E-state index is 14.0. The Balaban J connectivity index is 2.30. The summed E-state index contributed by atoms with van der Waals surface area (Å²) in [6, 6.07) is 13.7. The molecule has 0 aliphatic heterocycles. The monoisotopic (exact) mass is 320 g/mol. The molecule has 2 aromatic rings. The zero-order valence-corrected chi connectivity index (χ0v) is 13.0. The Morgan fingerprint density at radius 1 is 0.947 bits per heavy atom. The largest absolute Gasteiger partial charge is 0.207 e. The predicted octanol–water partition coefficient (Wildman–Crippen LogP) is 5.74. The zero-order valence-electron chi connectivity index (χ0n) is 11.5. The molecule has 1 atom stereocenters. The van der Waals surface area contributed by atoms with Crippen molar-refractivity contribution < 1.29 is 4.39 Å². The molecule has 0 heterocycles. The minimum atomic E-state index is -0.158. The number of halogens is 2. The summed E-state index contributed by atoms with van der Waals surface area (Å²) >= 11 is 3.59. The van der Waals surface area contributed by atoms with Crippen molar-refractivity contribution in [2.75, 3.05) is 0 Å². The van der Waals surface area contributed by atoms with Crippen molar-refractivity contribution >= 4 is 15.9 Å². The van der Waals surface area contributed by atoms with Gasteiger partial charge in [-0.05, 0) is 35.6 Å². The third-order valence-electron chi connectivity index (χ3n) is 3.32. The van der Waals surface area contributed by atoms with Crippen molar-refractivity contribution in [3.63, 3.8) is 0 Å². The molecule has 0 amide bonds. The lowest BCUT2D eigenvalue weighted by Gasteiger charge is -2.14. The molecule has 2 heteroatoms. The number of alkyl halides is 1. The normalized spacial score (nSPS) is 12.7. The number of benzene rings is 2. The van der Waals surface area contributed by atoms with Crippen molar-refractivity contribution in [1.82, 2.24) is 0 Å². The van der Waals surface area contributed by atoms with Gasteiger partial charge in [-0.3, -0.25) is 0 Å². The molecular weight excluding hydrogens is 303 g/mol. The average Bonchev–Trinajstić information content (AvgIpc) is 2.38. The van der Waals surface area contributed by atoms with Crippen LogP contribution in [-0.2, 0) is 0 Å². The Labute approximate surface area is 122 Å². The van der Waals surface area contributed by atoms with Crippen LogP contribution in [0.4, 0.5) is 4.39 Å². The number of rotatable bonds is 3. The summed E-state index contributed by atoms with van der Waals surface area (Å²) in [7, 11) is 0. The van der Waals surface area contributed by atoms with Gasteiger partial charge in [0.05, 0.1) is 4.83 Å². The molecule has 1 unspecified atom stereocenters. The van der Waals surface area contributed by atoms with Crippen LogP contribution < -0.4 is 0 Å². The Hall–Kier alpha value is -1.15. The molecule has 0 N–H and O–H groups in total. The summed E-state index contributed by atoms with van der Waals surface area (Å²) in [5, 5.41) is 0. The lowest BCUT2D eigenvalue weighted by molar-refractivity contribution is 0.612. The molecule has 0 spiro atoms. The third kappa shape index (κ3) is 3.24. The first-order chi connectivity index (χ1) is 8.99.